The first-order chi connectivity index (χ1) is 10.1. The minimum Gasteiger partial charge on any atom is -0.374 e. The van der Waals surface area contributed by atoms with Gasteiger partial charge in [-0.25, -0.2) is 0 Å². The van der Waals surface area contributed by atoms with Gasteiger partial charge in [0.2, 0.25) is 5.91 Å². The van der Waals surface area contributed by atoms with Crippen LogP contribution >= 0.6 is 23.4 Å². The molecule has 0 aliphatic heterocycles. The molecule has 0 spiro atoms. The normalized spacial score (nSPS) is 11.8. The molecule has 0 aliphatic carbocycles. The van der Waals surface area contributed by atoms with Gasteiger partial charge in [-0.2, -0.15) is 0 Å². The molecule has 1 atom stereocenters. The Morgan fingerprint density at radius 1 is 1.14 bits per heavy atom. The van der Waals surface area contributed by atoms with Crippen molar-refractivity contribution in [2.24, 2.45) is 0 Å². The van der Waals surface area contributed by atoms with Gasteiger partial charge in [-0.15, -0.1) is 11.8 Å². The highest BCUT2D eigenvalue weighted by Gasteiger charge is 2.12. The zero-order valence-electron chi connectivity index (χ0n) is 11.9. The van der Waals surface area contributed by atoms with E-state index in [1.807, 2.05) is 37.4 Å². The van der Waals surface area contributed by atoms with Gasteiger partial charge < -0.3 is 10.6 Å². The molecule has 21 heavy (non-hydrogen) atoms. The molecular formula is C16H17ClN2OS. The minimum atomic E-state index is -0.335. The van der Waals surface area contributed by atoms with E-state index in [9.17, 15) is 4.79 Å². The van der Waals surface area contributed by atoms with Crippen LogP contribution in [0.25, 0.3) is 0 Å². The van der Waals surface area contributed by atoms with Crippen LogP contribution in [0.5, 0.6) is 0 Å². The Balaban J connectivity index is 1.97. The largest absolute Gasteiger partial charge is 0.374 e. The van der Waals surface area contributed by atoms with E-state index in [2.05, 4.69) is 10.6 Å². The predicted molar refractivity (Wildman–Crippen MR) is 91.4 cm³/mol. The van der Waals surface area contributed by atoms with Gasteiger partial charge in [0.25, 0.3) is 0 Å². The fourth-order valence-electron chi connectivity index (χ4n) is 1.81. The summed E-state index contributed by atoms with van der Waals surface area (Å²) >= 11 is 7.49. The summed E-state index contributed by atoms with van der Waals surface area (Å²) in [5.41, 5.74) is 1.66. The van der Waals surface area contributed by atoms with Gasteiger partial charge in [-0.3, -0.25) is 4.79 Å². The third-order valence-electron chi connectivity index (χ3n) is 2.96. The third-order valence-corrected chi connectivity index (χ3v) is 3.94. The number of hydrogen-bond donors (Lipinski definition) is 2. The Morgan fingerprint density at radius 2 is 1.86 bits per heavy atom. The fourth-order valence-corrected chi connectivity index (χ4v) is 2.40. The highest BCUT2D eigenvalue weighted by atomic mass is 35.5. The standard InChI is InChI=1S/C16H17ClN2OS/c1-11(18-14-4-3-5-15(10-14)21-2)16(20)19-13-8-6-12(17)7-9-13/h3-11,18H,1-2H3,(H,19,20)/t11-/m0/s1. The van der Waals surface area contributed by atoms with E-state index in [0.29, 0.717) is 5.02 Å². The number of nitrogens with one attached hydrogen (secondary N) is 2. The minimum absolute atomic E-state index is 0.0909. The highest BCUT2D eigenvalue weighted by molar-refractivity contribution is 7.98. The SMILES string of the molecule is CSc1cccc(N[C@@H](C)C(=O)Nc2ccc(Cl)cc2)c1. The smallest absolute Gasteiger partial charge is 0.246 e. The summed E-state index contributed by atoms with van der Waals surface area (Å²) in [7, 11) is 0. The molecule has 110 valence electrons. The Bertz CT molecular complexity index is 616. The molecule has 0 saturated carbocycles. The van der Waals surface area contributed by atoms with E-state index < -0.39 is 0 Å². The quantitative estimate of drug-likeness (QED) is 0.797. The first-order valence-corrected chi connectivity index (χ1v) is 8.16. The second-order valence-corrected chi connectivity index (χ2v) is 5.91. The third kappa shape index (κ3) is 4.69. The van der Waals surface area contributed by atoms with Gasteiger partial charge in [-0.1, -0.05) is 17.7 Å². The topological polar surface area (TPSA) is 41.1 Å². The van der Waals surface area contributed by atoms with E-state index in [4.69, 9.17) is 11.6 Å². The molecule has 0 unspecified atom stereocenters. The number of halogens is 1. The van der Waals surface area contributed by atoms with E-state index in [1.54, 1.807) is 36.0 Å². The average Bonchev–Trinajstić information content (AvgIpc) is 2.49. The van der Waals surface area contributed by atoms with Gasteiger partial charge in [0.1, 0.15) is 6.04 Å². The Labute approximate surface area is 134 Å². The summed E-state index contributed by atoms with van der Waals surface area (Å²) in [5.74, 6) is -0.0909. The molecule has 1 amide bonds. The maximum Gasteiger partial charge on any atom is 0.246 e. The van der Waals surface area contributed by atoms with Crippen molar-refractivity contribution < 1.29 is 4.79 Å². The fraction of sp³-hybridized carbons (Fsp3) is 0.188. The molecule has 0 radical (unpaired) electrons. The highest BCUT2D eigenvalue weighted by Crippen LogP contribution is 2.20. The monoisotopic (exact) mass is 320 g/mol. The Kier molecular flexibility index (Phi) is 5.53. The van der Waals surface area contributed by atoms with Crippen molar-refractivity contribution in [3.05, 3.63) is 53.6 Å². The predicted octanol–water partition coefficient (Wildman–Crippen LogP) is 4.50. The second kappa shape index (κ2) is 7.38. The number of anilines is 2. The molecule has 2 rings (SSSR count). The lowest BCUT2D eigenvalue weighted by molar-refractivity contribution is -0.116. The zero-order chi connectivity index (χ0) is 15.2. The van der Waals surface area contributed by atoms with Crippen molar-refractivity contribution in [3.63, 3.8) is 0 Å². The molecule has 0 heterocycles. The van der Waals surface area contributed by atoms with Crippen LogP contribution in [-0.2, 0) is 4.79 Å². The van der Waals surface area contributed by atoms with Crippen LogP contribution < -0.4 is 10.6 Å². The number of rotatable bonds is 5. The molecule has 0 saturated heterocycles. The van der Waals surface area contributed by atoms with Crippen LogP contribution in [0.2, 0.25) is 5.02 Å². The first-order valence-electron chi connectivity index (χ1n) is 6.55. The van der Waals surface area contributed by atoms with Gasteiger partial charge in [0.05, 0.1) is 0 Å². The number of carbonyl (C=O) groups is 1. The number of amides is 1. The lowest BCUT2D eigenvalue weighted by atomic mass is 10.2. The van der Waals surface area contributed by atoms with Gasteiger partial charge in [-0.05, 0) is 55.6 Å². The van der Waals surface area contributed by atoms with E-state index in [1.165, 1.54) is 0 Å². The van der Waals surface area contributed by atoms with E-state index in [-0.39, 0.29) is 11.9 Å². The zero-order valence-corrected chi connectivity index (χ0v) is 13.5. The van der Waals surface area contributed by atoms with Crippen LogP contribution in [0.15, 0.2) is 53.4 Å². The molecule has 3 nitrogen and oxygen atoms in total. The molecule has 5 heteroatoms. The molecule has 2 aromatic carbocycles. The second-order valence-electron chi connectivity index (χ2n) is 4.59. The van der Waals surface area contributed by atoms with Crippen LogP contribution in [0.1, 0.15) is 6.92 Å². The van der Waals surface area contributed by atoms with Crippen molar-refractivity contribution in [1.29, 1.82) is 0 Å². The van der Waals surface area contributed by atoms with Crippen molar-refractivity contribution in [3.8, 4) is 0 Å². The molecule has 0 aromatic heterocycles. The van der Waals surface area contributed by atoms with Crippen molar-refractivity contribution in [1.82, 2.24) is 0 Å². The molecule has 2 N–H and O–H groups in total. The van der Waals surface area contributed by atoms with Crippen LogP contribution in [0.3, 0.4) is 0 Å². The summed E-state index contributed by atoms with van der Waals surface area (Å²) in [5, 5.41) is 6.70. The van der Waals surface area contributed by atoms with Gasteiger partial charge >= 0.3 is 0 Å². The number of hydrogen-bond acceptors (Lipinski definition) is 3. The lowest BCUT2D eigenvalue weighted by Gasteiger charge is -2.15. The van der Waals surface area contributed by atoms with Crippen molar-refractivity contribution >= 4 is 40.6 Å². The number of benzene rings is 2. The van der Waals surface area contributed by atoms with Crippen molar-refractivity contribution in [2.45, 2.75) is 17.9 Å². The number of thioether (sulfide) groups is 1. The Morgan fingerprint density at radius 3 is 2.52 bits per heavy atom. The molecule has 0 fully saturated rings. The Hall–Kier alpha value is -1.65. The maximum absolute atomic E-state index is 12.1. The summed E-state index contributed by atoms with van der Waals surface area (Å²) in [6, 6.07) is 14.7. The van der Waals surface area contributed by atoms with Crippen LogP contribution in [0.4, 0.5) is 11.4 Å². The average molecular weight is 321 g/mol. The van der Waals surface area contributed by atoms with E-state index >= 15 is 0 Å². The lowest BCUT2D eigenvalue weighted by Crippen LogP contribution is -2.31. The summed E-state index contributed by atoms with van der Waals surface area (Å²) in [6.07, 6.45) is 2.02. The van der Waals surface area contributed by atoms with Crippen molar-refractivity contribution in [2.75, 3.05) is 16.9 Å². The van der Waals surface area contributed by atoms with E-state index in [0.717, 1.165) is 16.3 Å². The summed E-state index contributed by atoms with van der Waals surface area (Å²) in [4.78, 5) is 13.3. The van der Waals surface area contributed by atoms with Crippen LogP contribution in [-0.4, -0.2) is 18.2 Å². The molecule has 0 aliphatic rings. The molecule has 2 aromatic rings. The molecule has 0 bridgehead atoms. The van der Waals surface area contributed by atoms with Gasteiger partial charge in [0.15, 0.2) is 0 Å². The van der Waals surface area contributed by atoms with Gasteiger partial charge in [0, 0.05) is 21.3 Å². The number of carbonyl (C=O) groups excluding carboxylic acids is 1. The summed E-state index contributed by atoms with van der Waals surface area (Å²) < 4.78 is 0. The summed E-state index contributed by atoms with van der Waals surface area (Å²) in [6.45, 7) is 1.83. The first kappa shape index (κ1) is 15.7. The maximum atomic E-state index is 12.1. The molecular weight excluding hydrogens is 304 g/mol. The van der Waals surface area contributed by atoms with Crippen LogP contribution in [0, 0.1) is 0 Å².